The Morgan fingerprint density at radius 3 is 2.70 bits per heavy atom. The highest BCUT2D eigenvalue weighted by molar-refractivity contribution is 7.97. The quantitative estimate of drug-likeness (QED) is 0.329. The van der Waals surface area contributed by atoms with Crippen molar-refractivity contribution in [1.29, 1.82) is 0 Å². The molecule has 0 unspecified atom stereocenters. The first-order valence-electron chi connectivity index (χ1n) is 6.56. The lowest BCUT2D eigenvalue weighted by Gasteiger charge is -2.21. The maximum atomic E-state index is 11.7. The van der Waals surface area contributed by atoms with E-state index in [2.05, 4.69) is 9.71 Å². The molecule has 1 aromatic heterocycles. The van der Waals surface area contributed by atoms with Crippen LogP contribution in [-0.2, 0) is 14.3 Å². The largest absolute Gasteiger partial charge is 0.480 e. The van der Waals surface area contributed by atoms with Crippen molar-refractivity contribution in [2.75, 3.05) is 0 Å². The zero-order chi connectivity index (χ0) is 17.6. The van der Waals surface area contributed by atoms with Gasteiger partial charge in [-0.3, -0.25) is 19.7 Å². The predicted molar refractivity (Wildman–Crippen MR) is 81.8 cm³/mol. The average Bonchev–Trinajstić information content (AvgIpc) is 2.41. The summed E-state index contributed by atoms with van der Waals surface area (Å²) in [7, 11) is 0. The first-order valence-corrected chi connectivity index (χ1v) is 7.38. The molecule has 1 aromatic rings. The van der Waals surface area contributed by atoms with Gasteiger partial charge in [0.05, 0.1) is 11.3 Å². The van der Waals surface area contributed by atoms with E-state index in [-0.39, 0.29) is 10.7 Å². The van der Waals surface area contributed by atoms with Crippen molar-refractivity contribution in [2.45, 2.75) is 43.9 Å². The fourth-order valence-electron chi connectivity index (χ4n) is 1.46. The van der Waals surface area contributed by atoms with Gasteiger partial charge in [0.25, 0.3) is 0 Å². The number of rotatable bonds is 7. The lowest BCUT2D eigenvalue weighted by atomic mass is 10.2. The highest BCUT2D eigenvalue weighted by Crippen LogP contribution is 2.24. The summed E-state index contributed by atoms with van der Waals surface area (Å²) in [6.07, 6.45) is 0.931. The van der Waals surface area contributed by atoms with E-state index in [9.17, 15) is 19.7 Å². The number of esters is 1. The summed E-state index contributed by atoms with van der Waals surface area (Å²) >= 11 is 0.680. The van der Waals surface area contributed by atoms with Crippen molar-refractivity contribution in [1.82, 2.24) is 9.71 Å². The summed E-state index contributed by atoms with van der Waals surface area (Å²) in [6.45, 7) is 5.00. The molecule has 0 aliphatic rings. The van der Waals surface area contributed by atoms with Gasteiger partial charge >= 0.3 is 17.6 Å². The molecule has 1 rings (SSSR count). The van der Waals surface area contributed by atoms with Crippen LogP contribution in [0.3, 0.4) is 0 Å². The monoisotopic (exact) mass is 343 g/mol. The second-order valence-electron chi connectivity index (χ2n) is 5.49. The van der Waals surface area contributed by atoms with E-state index in [1.807, 2.05) is 0 Å². The number of carboxylic acid groups (broad SMARTS) is 1. The van der Waals surface area contributed by atoms with Crippen LogP contribution >= 0.6 is 11.9 Å². The Morgan fingerprint density at radius 2 is 2.17 bits per heavy atom. The van der Waals surface area contributed by atoms with E-state index in [0.29, 0.717) is 11.9 Å². The van der Waals surface area contributed by atoms with Crippen molar-refractivity contribution in [3.63, 3.8) is 0 Å². The molecule has 0 aliphatic carbocycles. The highest BCUT2D eigenvalue weighted by atomic mass is 32.2. The Hall–Kier alpha value is -2.20. The molecule has 0 amide bonds. The number of carbonyl (C=O) groups is 2. The van der Waals surface area contributed by atoms with Crippen LogP contribution in [-0.4, -0.2) is 38.6 Å². The molecule has 1 heterocycles. The smallest absolute Gasteiger partial charge is 0.322 e. The predicted octanol–water partition coefficient (Wildman–Crippen LogP) is 1.77. The van der Waals surface area contributed by atoms with E-state index in [1.165, 1.54) is 18.3 Å². The van der Waals surface area contributed by atoms with Crippen LogP contribution < -0.4 is 4.72 Å². The van der Waals surface area contributed by atoms with Gasteiger partial charge in [-0.2, -0.15) is 0 Å². The van der Waals surface area contributed by atoms with Gasteiger partial charge in [-0.1, -0.05) is 0 Å². The first-order chi connectivity index (χ1) is 10.6. The molecule has 0 aromatic carbocycles. The van der Waals surface area contributed by atoms with Gasteiger partial charge in [0.15, 0.2) is 5.03 Å². The molecule has 126 valence electrons. The topological polar surface area (TPSA) is 132 Å². The van der Waals surface area contributed by atoms with Crippen LogP contribution in [0.15, 0.2) is 23.4 Å². The van der Waals surface area contributed by atoms with Crippen molar-refractivity contribution in [2.24, 2.45) is 0 Å². The van der Waals surface area contributed by atoms with Crippen molar-refractivity contribution in [3.8, 4) is 0 Å². The van der Waals surface area contributed by atoms with Crippen LogP contribution in [0.25, 0.3) is 0 Å². The summed E-state index contributed by atoms with van der Waals surface area (Å²) in [4.78, 5) is 37.0. The number of nitro groups is 1. The molecular weight excluding hydrogens is 326 g/mol. The maximum absolute atomic E-state index is 11.7. The molecule has 0 bridgehead atoms. The van der Waals surface area contributed by atoms with Gasteiger partial charge in [-0.05, 0) is 38.8 Å². The van der Waals surface area contributed by atoms with Crippen LogP contribution in [0.1, 0.15) is 27.2 Å². The molecule has 0 saturated heterocycles. The average molecular weight is 343 g/mol. The number of carboxylic acids is 1. The summed E-state index contributed by atoms with van der Waals surface area (Å²) in [5.74, 6) is -1.96. The Kier molecular flexibility index (Phi) is 6.46. The Labute approximate surface area is 136 Å². The lowest BCUT2D eigenvalue weighted by Crippen LogP contribution is -2.36. The van der Waals surface area contributed by atoms with E-state index in [0.717, 1.165) is 0 Å². The summed E-state index contributed by atoms with van der Waals surface area (Å²) in [5.41, 5.74) is -0.987. The molecule has 1 atom stereocenters. The van der Waals surface area contributed by atoms with Crippen molar-refractivity contribution < 1.29 is 24.4 Å². The van der Waals surface area contributed by atoms with Gasteiger partial charge in [0.2, 0.25) is 0 Å². The molecule has 23 heavy (non-hydrogen) atoms. The second-order valence-corrected chi connectivity index (χ2v) is 6.31. The van der Waals surface area contributed by atoms with Crippen LogP contribution in [0, 0.1) is 10.1 Å². The molecule has 9 nitrogen and oxygen atoms in total. The molecule has 0 fully saturated rings. The van der Waals surface area contributed by atoms with Crippen molar-refractivity contribution >= 4 is 29.6 Å². The lowest BCUT2D eigenvalue weighted by molar-refractivity contribution is -0.388. The van der Waals surface area contributed by atoms with Gasteiger partial charge in [0, 0.05) is 12.3 Å². The molecular formula is C13H17N3O6S. The molecule has 0 radical (unpaired) electrons. The first kappa shape index (κ1) is 18.8. The van der Waals surface area contributed by atoms with Crippen LogP contribution in [0.2, 0.25) is 0 Å². The third-order valence-electron chi connectivity index (χ3n) is 2.33. The number of pyridine rings is 1. The molecule has 0 aliphatic heterocycles. The standard InChI is InChI=1S/C13H17N3O6S/c1-13(2,3)22-10(17)7-8(12(18)19)15-23-11-9(16(20)21)5-4-6-14-11/h4-6,8,15H,7H2,1-3H3,(H,18,19)/t8-/m1/s1. The number of aromatic nitrogens is 1. The van der Waals surface area contributed by atoms with Crippen molar-refractivity contribution in [3.05, 3.63) is 28.4 Å². The van der Waals surface area contributed by atoms with Gasteiger partial charge in [0.1, 0.15) is 11.6 Å². The minimum absolute atomic E-state index is 0.00735. The van der Waals surface area contributed by atoms with Gasteiger partial charge in [-0.15, -0.1) is 0 Å². The number of carbonyl (C=O) groups excluding carboxylic acids is 1. The molecule has 0 spiro atoms. The number of ether oxygens (including phenoxy) is 1. The van der Waals surface area contributed by atoms with Crippen LogP contribution in [0.4, 0.5) is 5.69 Å². The number of nitrogens with one attached hydrogen (secondary N) is 1. The molecule has 2 N–H and O–H groups in total. The summed E-state index contributed by atoms with van der Waals surface area (Å²) in [6, 6.07) is 1.38. The number of aliphatic carboxylic acids is 1. The molecule has 0 saturated carbocycles. The fourth-order valence-corrected chi connectivity index (χ4v) is 2.25. The van der Waals surface area contributed by atoms with Crippen LogP contribution in [0.5, 0.6) is 0 Å². The minimum Gasteiger partial charge on any atom is -0.480 e. The van der Waals surface area contributed by atoms with E-state index in [1.54, 1.807) is 20.8 Å². The Bertz CT molecular complexity index is 602. The number of nitrogens with zero attached hydrogens (tertiary/aromatic N) is 2. The number of hydrogen-bond donors (Lipinski definition) is 2. The van der Waals surface area contributed by atoms with Gasteiger partial charge in [-0.25, -0.2) is 9.71 Å². The summed E-state index contributed by atoms with van der Waals surface area (Å²) in [5, 5.41) is 20.0. The highest BCUT2D eigenvalue weighted by Gasteiger charge is 2.26. The fraction of sp³-hybridized carbons (Fsp3) is 0.462. The zero-order valence-corrected chi connectivity index (χ0v) is 13.6. The van der Waals surface area contributed by atoms with E-state index < -0.39 is 34.9 Å². The third-order valence-corrected chi connectivity index (χ3v) is 3.24. The zero-order valence-electron chi connectivity index (χ0n) is 12.8. The van der Waals surface area contributed by atoms with Gasteiger partial charge < -0.3 is 9.84 Å². The minimum atomic E-state index is -1.28. The number of hydrogen-bond acceptors (Lipinski definition) is 8. The SMILES string of the molecule is CC(C)(C)OC(=O)C[C@@H](NSc1ncccc1[N+](=O)[O-])C(=O)O. The van der Waals surface area contributed by atoms with E-state index in [4.69, 9.17) is 9.84 Å². The molecule has 10 heteroatoms. The Balaban J connectivity index is 2.73. The van der Waals surface area contributed by atoms with E-state index >= 15 is 0 Å². The normalized spacial score (nSPS) is 12.5. The Morgan fingerprint density at radius 1 is 1.52 bits per heavy atom. The summed E-state index contributed by atoms with van der Waals surface area (Å²) < 4.78 is 7.55. The maximum Gasteiger partial charge on any atom is 0.322 e. The second kappa shape index (κ2) is 7.88. The third kappa shape index (κ3) is 6.61.